The van der Waals surface area contributed by atoms with E-state index in [-0.39, 0.29) is 11.0 Å². The van der Waals surface area contributed by atoms with Crippen LogP contribution in [-0.2, 0) is 6.42 Å². The molecule has 0 atom stereocenters. The van der Waals surface area contributed by atoms with E-state index in [9.17, 15) is 4.79 Å². The van der Waals surface area contributed by atoms with Crippen LogP contribution in [0.15, 0.2) is 55.2 Å². The summed E-state index contributed by atoms with van der Waals surface area (Å²) < 4.78 is 9.10. The van der Waals surface area contributed by atoms with Gasteiger partial charge in [0.05, 0.1) is 23.7 Å². The molecule has 0 aliphatic heterocycles. The summed E-state index contributed by atoms with van der Waals surface area (Å²) in [5.41, 5.74) is 1.28. The van der Waals surface area contributed by atoms with Gasteiger partial charge in [0.25, 0.3) is 5.56 Å². The lowest BCUT2D eigenvalue weighted by molar-refractivity contribution is 0.197. The van der Waals surface area contributed by atoms with Crippen molar-refractivity contribution < 1.29 is 4.74 Å². The molecular formula is C22H23Br2N3O2. The van der Waals surface area contributed by atoms with Gasteiger partial charge >= 0.3 is 0 Å². The van der Waals surface area contributed by atoms with Crippen LogP contribution in [0.5, 0.6) is 5.75 Å². The molecule has 1 heterocycles. The van der Waals surface area contributed by atoms with E-state index < -0.39 is 0 Å². The van der Waals surface area contributed by atoms with Crippen molar-refractivity contribution in [1.82, 2.24) is 9.66 Å². The molecule has 1 aromatic heterocycles. The summed E-state index contributed by atoms with van der Waals surface area (Å²) in [5.74, 6) is 1.32. The predicted octanol–water partition coefficient (Wildman–Crippen LogP) is 5.79. The second kappa shape index (κ2) is 8.79. The van der Waals surface area contributed by atoms with E-state index in [4.69, 9.17) is 4.74 Å². The summed E-state index contributed by atoms with van der Waals surface area (Å²) in [7, 11) is 0. The maximum Gasteiger partial charge on any atom is 0.282 e. The van der Waals surface area contributed by atoms with E-state index in [1.54, 1.807) is 12.3 Å². The first kappa shape index (κ1) is 21.7. The monoisotopic (exact) mass is 519 g/mol. The quantitative estimate of drug-likeness (QED) is 0.400. The Morgan fingerprint density at radius 1 is 1.14 bits per heavy atom. The minimum absolute atomic E-state index is 0.0312. The van der Waals surface area contributed by atoms with E-state index in [1.807, 2.05) is 37.3 Å². The zero-order chi connectivity index (χ0) is 21.2. The van der Waals surface area contributed by atoms with Crippen LogP contribution in [0.3, 0.4) is 0 Å². The number of fused-ring (bicyclic) bond motifs is 1. The number of rotatable bonds is 5. The zero-order valence-corrected chi connectivity index (χ0v) is 20.0. The maximum atomic E-state index is 13.0. The third kappa shape index (κ3) is 5.34. The highest BCUT2D eigenvalue weighted by Crippen LogP contribution is 2.24. The minimum atomic E-state index is -0.198. The van der Waals surface area contributed by atoms with Crippen LogP contribution in [0.1, 0.15) is 39.1 Å². The molecule has 7 heteroatoms. The number of ether oxygens (including phenoxy) is 1. The molecule has 0 radical (unpaired) electrons. The van der Waals surface area contributed by atoms with Crippen LogP contribution in [0.2, 0.25) is 0 Å². The van der Waals surface area contributed by atoms with Gasteiger partial charge in [-0.3, -0.25) is 4.79 Å². The molecular weight excluding hydrogens is 498 g/mol. The van der Waals surface area contributed by atoms with Gasteiger partial charge in [0.2, 0.25) is 0 Å². The largest absolute Gasteiger partial charge is 0.492 e. The topological polar surface area (TPSA) is 56.5 Å². The molecule has 0 fully saturated rings. The Bertz CT molecular complexity index is 1130. The van der Waals surface area contributed by atoms with E-state index in [2.05, 4.69) is 62.7 Å². The highest BCUT2D eigenvalue weighted by molar-refractivity contribution is 9.10. The molecule has 152 valence electrons. The average Bonchev–Trinajstić information content (AvgIpc) is 2.66. The molecule has 0 aliphatic rings. The molecule has 29 heavy (non-hydrogen) atoms. The van der Waals surface area contributed by atoms with Crippen molar-refractivity contribution >= 4 is 49.0 Å². The number of nitrogens with zero attached hydrogens (tertiary/aromatic N) is 3. The molecule has 0 saturated carbocycles. The van der Waals surface area contributed by atoms with Gasteiger partial charge in [-0.2, -0.15) is 9.78 Å². The molecule has 0 spiro atoms. The predicted molar refractivity (Wildman–Crippen MR) is 125 cm³/mol. The van der Waals surface area contributed by atoms with Crippen LogP contribution >= 0.6 is 31.9 Å². The Balaban J connectivity index is 2.06. The summed E-state index contributed by atoms with van der Waals surface area (Å²) in [6, 6.07) is 11.2. The van der Waals surface area contributed by atoms with Crippen LogP contribution < -0.4 is 10.3 Å². The van der Waals surface area contributed by atoms with Crippen molar-refractivity contribution in [2.45, 2.75) is 34.1 Å². The van der Waals surface area contributed by atoms with Gasteiger partial charge in [0, 0.05) is 20.9 Å². The molecule has 0 amide bonds. The first-order chi connectivity index (χ1) is 13.7. The summed E-state index contributed by atoms with van der Waals surface area (Å²) in [6.45, 7) is 8.87. The number of halogens is 2. The fourth-order valence-corrected chi connectivity index (χ4v) is 3.45. The lowest BCUT2D eigenvalue weighted by atomic mass is 9.99. The SMILES string of the molecule is CCc1nc2ccc(Br)cc2c(=O)n1N=Cc1cc(Br)ccc1OCC(C)(C)C. The van der Waals surface area contributed by atoms with E-state index in [0.29, 0.717) is 29.8 Å². The van der Waals surface area contributed by atoms with Crippen molar-refractivity contribution in [3.8, 4) is 5.75 Å². The van der Waals surface area contributed by atoms with E-state index in [1.165, 1.54) is 4.68 Å². The summed E-state index contributed by atoms with van der Waals surface area (Å²) in [6.07, 6.45) is 2.24. The second-order valence-corrected chi connectivity index (χ2v) is 9.77. The summed E-state index contributed by atoms with van der Waals surface area (Å²) in [5, 5.41) is 4.99. The fraction of sp³-hybridized carbons (Fsp3) is 0.318. The molecule has 3 aromatic rings. The first-order valence-electron chi connectivity index (χ1n) is 9.36. The molecule has 3 rings (SSSR count). The molecule has 0 saturated heterocycles. The van der Waals surface area contributed by atoms with Gasteiger partial charge in [-0.05, 0) is 41.8 Å². The molecule has 2 aromatic carbocycles. The van der Waals surface area contributed by atoms with Crippen LogP contribution in [0.4, 0.5) is 0 Å². The Labute approximate surface area is 187 Å². The number of benzene rings is 2. The Morgan fingerprint density at radius 2 is 1.83 bits per heavy atom. The van der Waals surface area contributed by atoms with E-state index >= 15 is 0 Å². The van der Waals surface area contributed by atoms with E-state index in [0.717, 1.165) is 20.3 Å². The van der Waals surface area contributed by atoms with Gasteiger partial charge in [0.1, 0.15) is 11.6 Å². The molecule has 0 aliphatic carbocycles. The standard InChI is InChI=1S/C22H23Br2N3O2/c1-5-20-26-18-8-6-16(24)11-17(18)21(28)27(20)25-12-14-10-15(23)7-9-19(14)29-13-22(2,3)4/h6-12H,5,13H2,1-4H3. The van der Waals surface area contributed by atoms with Crippen molar-refractivity contribution in [3.05, 3.63) is 67.1 Å². The third-order valence-corrected chi connectivity index (χ3v) is 5.12. The number of aromatic nitrogens is 2. The third-order valence-electron chi connectivity index (χ3n) is 4.14. The van der Waals surface area contributed by atoms with Gasteiger partial charge < -0.3 is 4.74 Å². The number of hydrogen-bond acceptors (Lipinski definition) is 4. The Kier molecular flexibility index (Phi) is 6.58. The molecule has 0 N–H and O–H groups in total. The smallest absolute Gasteiger partial charge is 0.282 e. The zero-order valence-electron chi connectivity index (χ0n) is 16.9. The maximum absolute atomic E-state index is 13.0. The Hall–Kier alpha value is -1.99. The lowest BCUT2D eigenvalue weighted by Crippen LogP contribution is -2.22. The highest BCUT2D eigenvalue weighted by atomic mass is 79.9. The van der Waals surface area contributed by atoms with Crippen molar-refractivity contribution in [2.24, 2.45) is 10.5 Å². The fourth-order valence-electron chi connectivity index (χ4n) is 2.71. The van der Waals surface area contributed by atoms with Gasteiger partial charge in [-0.15, -0.1) is 0 Å². The normalized spacial score (nSPS) is 12.1. The molecule has 0 bridgehead atoms. The summed E-state index contributed by atoms with van der Waals surface area (Å²) in [4.78, 5) is 17.6. The molecule has 5 nitrogen and oxygen atoms in total. The second-order valence-electron chi connectivity index (χ2n) is 7.94. The highest BCUT2D eigenvalue weighted by Gasteiger charge is 2.13. The van der Waals surface area contributed by atoms with Gasteiger partial charge in [-0.25, -0.2) is 4.98 Å². The lowest BCUT2D eigenvalue weighted by Gasteiger charge is -2.19. The molecule has 0 unspecified atom stereocenters. The minimum Gasteiger partial charge on any atom is -0.492 e. The van der Waals surface area contributed by atoms with Crippen LogP contribution in [0, 0.1) is 5.41 Å². The van der Waals surface area contributed by atoms with Crippen LogP contribution in [0.25, 0.3) is 10.9 Å². The Morgan fingerprint density at radius 3 is 2.52 bits per heavy atom. The summed E-state index contributed by atoms with van der Waals surface area (Å²) >= 11 is 6.91. The van der Waals surface area contributed by atoms with Crippen LogP contribution in [-0.4, -0.2) is 22.5 Å². The van der Waals surface area contributed by atoms with Gasteiger partial charge in [-0.1, -0.05) is 59.6 Å². The number of aryl methyl sites for hydroxylation is 1. The van der Waals surface area contributed by atoms with Crippen molar-refractivity contribution in [3.63, 3.8) is 0 Å². The van der Waals surface area contributed by atoms with Crippen molar-refractivity contribution in [2.75, 3.05) is 6.61 Å². The van der Waals surface area contributed by atoms with Gasteiger partial charge in [0.15, 0.2) is 0 Å². The van der Waals surface area contributed by atoms with Crippen molar-refractivity contribution in [1.29, 1.82) is 0 Å². The first-order valence-corrected chi connectivity index (χ1v) is 10.9. The average molecular weight is 521 g/mol. The number of hydrogen-bond donors (Lipinski definition) is 0.